The lowest BCUT2D eigenvalue weighted by Gasteiger charge is -2.21. The van der Waals surface area contributed by atoms with Gasteiger partial charge in [-0.25, -0.2) is 0 Å². The molecule has 218 valence electrons. The Morgan fingerprint density at radius 1 is 0.649 bits per heavy atom. The molecule has 0 rings (SSSR count). The molecule has 5 heteroatoms. The van der Waals surface area contributed by atoms with Crippen molar-refractivity contribution in [2.75, 3.05) is 6.61 Å². The standard InChI is InChI=1S/C32H61NO4/c1-3-5-7-9-11-13-14-15-16-17-19-21-23-25-27-31(36)32(37)33-29(28-34)30(35)26-24-22-20-18-12-10-8-6-4-2/h15-16,24,26,29-31,34-36H,3-14,17-23,25,27-28H2,1-2H3,(H,33,37)/b16-15-,26-24+/t29-,30+,31?/m0/s1. The number of carbonyl (C=O) groups excluding carboxylic acids is 1. The van der Waals surface area contributed by atoms with Crippen molar-refractivity contribution in [3.63, 3.8) is 0 Å². The number of allylic oxidation sites excluding steroid dienone is 3. The van der Waals surface area contributed by atoms with Gasteiger partial charge in [-0.3, -0.25) is 4.79 Å². The van der Waals surface area contributed by atoms with Gasteiger partial charge in [-0.05, 0) is 44.9 Å². The fourth-order valence-corrected chi connectivity index (χ4v) is 4.47. The van der Waals surface area contributed by atoms with Gasteiger partial charge in [0.05, 0.1) is 18.8 Å². The van der Waals surface area contributed by atoms with Gasteiger partial charge in [0.1, 0.15) is 6.10 Å². The predicted octanol–water partition coefficient (Wildman–Crippen LogP) is 7.53. The van der Waals surface area contributed by atoms with E-state index in [4.69, 9.17) is 0 Å². The zero-order valence-corrected chi connectivity index (χ0v) is 24.3. The van der Waals surface area contributed by atoms with Crippen LogP contribution in [0.5, 0.6) is 0 Å². The Morgan fingerprint density at radius 3 is 1.57 bits per heavy atom. The van der Waals surface area contributed by atoms with Crippen LogP contribution in [-0.2, 0) is 4.79 Å². The highest BCUT2D eigenvalue weighted by molar-refractivity contribution is 5.80. The zero-order valence-electron chi connectivity index (χ0n) is 24.3. The van der Waals surface area contributed by atoms with Gasteiger partial charge in [-0.1, -0.05) is 128 Å². The van der Waals surface area contributed by atoms with Crippen LogP contribution in [0.3, 0.4) is 0 Å². The number of nitrogens with one attached hydrogen (secondary N) is 1. The molecule has 0 spiro atoms. The summed E-state index contributed by atoms with van der Waals surface area (Å²) in [6.07, 6.45) is 30.4. The first-order valence-corrected chi connectivity index (χ1v) is 15.7. The van der Waals surface area contributed by atoms with Crippen molar-refractivity contribution in [3.8, 4) is 0 Å². The molecule has 0 aromatic carbocycles. The van der Waals surface area contributed by atoms with E-state index in [0.29, 0.717) is 6.42 Å². The van der Waals surface area contributed by atoms with Crippen LogP contribution < -0.4 is 5.32 Å². The van der Waals surface area contributed by atoms with Gasteiger partial charge >= 0.3 is 0 Å². The first kappa shape index (κ1) is 35.8. The molecule has 5 nitrogen and oxygen atoms in total. The fraction of sp³-hybridized carbons (Fsp3) is 0.844. The molecular weight excluding hydrogens is 462 g/mol. The number of aliphatic hydroxyl groups is 3. The monoisotopic (exact) mass is 523 g/mol. The van der Waals surface area contributed by atoms with Gasteiger partial charge in [0.2, 0.25) is 5.91 Å². The number of aliphatic hydroxyl groups excluding tert-OH is 3. The molecule has 0 bridgehead atoms. The van der Waals surface area contributed by atoms with E-state index in [9.17, 15) is 20.1 Å². The highest BCUT2D eigenvalue weighted by Crippen LogP contribution is 2.11. The Bertz CT molecular complexity index is 549. The maximum atomic E-state index is 12.3. The van der Waals surface area contributed by atoms with Crippen molar-refractivity contribution in [1.29, 1.82) is 0 Å². The minimum absolute atomic E-state index is 0.367. The van der Waals surface area contributed by atoms with Crippen molar-refractivity contribution < 1.29 is 20.1 Å². The average molecular weight is 524 g/mol. The van der Waals surface area contributed by atoms with E-state index in [1.807, 2.05) is 6.08 Å². The Balaban J connectivity index is 3.83. The molecule has 1 amide bonds. The quantitative estimate of drug-likeness (QED) is 0.0661. The molecule has 0 saturated carbocycles. The molecule has 0 aliphatic carbocycles. The number of unbranched alkanes of at least 4 members (excludes halogenated alkanes) is 17. The van der Waals surface area contributed by atoms with Crippen molar-refractivity contribution in [1.82, 2.24) is 5.32 Å². The molecule has 0 saturated heterocycles. The number of hydrogen-bond acceptors (Lipinski definition) is 4. The van der Waals surface area contributed by atoms with E-state index in [1.54, 1.807) is 6.08 Å². The second-order valence-corrected chi connectivity index (χ2v) is 10.7. The third-order valence-electron chi connectivity index (χ3n) is 7.04. The molecule has 0 aliphatic heterocycles. The second kappa shape index (κ2) is 27.9. The van der Waals surface area contributed by atoms with Crippen LogP contribution >= 0.6 is 0 Å². The van der Waals surface area contributed by atoms with Crippen LogP contribution in [0.15, 0.2) is 24.3 Å². The normalized spacial score (nSPS) is 14.4. The molecule has 0 heterocycles. The minimum atomic E-state index is -1.10. The first-order valence-electron chi connectivity index (χ1n) is 15.7. The Hall–Kier alpha value is -1.17. The van der Waals surface area contributed by atoms with Crippen molar-refractivity contribution in [2.24, 2.45) is 0 Å². The van der Waals surface area contributed by atoms with Crippen LogP contribution in [0.4, 0.5) is 0 Å². The van der Waals surface area contributed by atoms with E-state index >= 15 is 0 Å². The maximum absolute atomic E-state index is 12.3. The number of carbonyl (C=O) groups is 1. The van der Waals surface area contributed by atoms with Crippen molar-refractivity contribution in [3.05, 3.63) is 24.3 Å². The lowest BCUT2D eigenvalue weighted by molar-refractivity contribution is -0.131. The lowest BCUT2D eigenvalue weighted by atomic mass is 10.1. The van der Waals surface area contributed by atoms with E-state index in [1.165, 1.54) is 83.5 Å². The minimum Gasteiger partial charge on any atom is -0.394 e. The highest BCUT2D eigenvalue weighted by atomic mass is 16.3. The summed E-state index contributed by atoms with van der Waals surface area (Å²) < 4.78 is 0. The van der Waals surface area contributed by atoms with Crippen molar-refractivity contribution >= 4 is 5.91 Å². The molecule has 0 aromatic heterocycles. The van der Waals surface area contributed by atoms with Gasteiger partial charge in [-0.2, -0.15) is 0 Å². The third kappa shape index (κ3) is 23.7. The summed E-state index contributed by atoms with van der Waals surface area (Å²) in [5.74, 6) is -0.517. The Labute approximate surface area is 229 Å². The number of amides is 1. The van der Waals surface area contributed by atoms with E-state index < -0.39 is 24.2 Å². The molecule has 0 radical (unpaired) electrons. The second-order valence-electron chi connectivity index (χ2n) is 10.7. The molecule has 1 unspecified atom stereocenters. The third-order valence-corrected chi connectivity index (χ3v) is 7.04. The van der Waals surface area contributed by atoms with E-state index in [2.05, 4.69) is 31.3 Å². The van der Waals surface area contributed by atoms with Crippen LogP contribution in [0.1, 0.15) is 149 Å². The van der Waals surface area contributed by atoms with Crippen LogP contribution in [0, 0.1) is 0 Å². The molecule has 3 atom stereocenters. The van der Waals surface area contributed by atoms with Crippen LogP contribution in [0.25, 0.3) is 0 Å². The SMILES string of the molecule is CCCCCCCC/C=C\CCCCCCC(O)C(=O)N[C@@H](CO)[C@H](O)/C=C/CCCCCCCCC. The molecule has 4 N–H and O–H groups in total. The van der Waals surface area contributed by atoms with Gasteiger partial charge in [0, 0.05) is 0 Å². The van der Waals surface area contributed by atoms with Gasteiger partial charge in [-0.15, -0.1) is 0 Å². The topological polar surface area (TPSA) is 89.8 Å². The van der Waals surface area contributed by atoms with Gasteiger partial charge in [0.15, 0.2) is 0 Å². The lowest BCUT2D eigenvalue weighted by Crippen LogP contribution is -2.48. The summed E-state index contributed by atoms with van der Waals surface area (Å²) in [7, 11) is 0. The number of rotatable bonds is 27. The zero-order chi connectivity index (χ0) is 27.4. The summed E-state index contributed by atoms with van der Waals surface area (Å²) in [6.45, 7) is 4.10. The van der Waals surface area contributed by atoms with Crippen LogP contribution in [0.2, 0.25) is 0 Å². The molecule has 37 heavy (non-hydrogen) atoms. The highest BCUT2D eigenvalue weighted by Gasteiger charge is 2.22. The summed E-state index contributed by atoms with van der Waals surface area (Å²) in [4.78, 5) is 12.3. The molecular formula is C32H61NO4. The molecule has 0 aliphatic rings. The van der Waals surface area contributed by atoms with E-state index in [-0.39, 0.29) is 6.61 Å². The fourth-order valence-electron chi connectivity index (χ4n) is 4.47. The maximum Gasteiger partial charge on any atom is 0.249 e. The summed E-state index contributed by atoms with van der Waals surface area (Å²) >= 11 is 0. The van der Waals surface area contributed by atoms with Gasteiger partial charge in [0.25, 0.3) is 0 Å². The summed E-state index contributed by atoms with van der Waals surface area (Å²) in [5, 5.41) is 32.7. The Morgan fingerprint density at radius 2 is 1.08 bits per heavy atom. The summed E-state index contributed by atoms with van der Waals surface area (Å²) in [6, 6.07) is -0.796. The predicted molar refractivity (Wildman–Crippen MR) is 158 cm³/mol. The smallest absolute Gasteiger partial charge is 0.249 e. The van der Waals surface area contributed by atoms with E-state index in [0.717, 1.165) is 44.9 Å². The molecule has 0 fully saturated rings. The Kier molecular flexibility index (Phi) is 27.0. The molecule has 0 aromatic rings. The first-order chi connectivity index (χ1) is 18.1. The van der Waals surface area contributed by atoms with Crippen LogP contribution in [-0.4, -0.2) is 46.1 Å². The summed E-state index contributed by atoms with van der Waals surface area (Å²) in [5.41, 5.74) is 0. The van der Waals surface area contributed by atoms with Gasteiger partial charge < -0.3 is 20.6 Å². The van der Waals surface area contributed by atoms with Crippen molar-refractivity contribution in [2.45, 2.75) is 167 Å². The largest absolute Gasteiger partial charge is 0.394 e. The average Bonchev–Trinajstić information content (AvgIpc) is 2.90. The number of hydrogen-bond donors (Lipinski definition) is 4.